The molecule has 0 atom stereocenters. The van der Waals surface area contributed by atoms with Crippen LogP contribution in [0.2, 0.25) is 5.02 Å². The van der Waals surface area contributed by atoms with Crippen molar-refractivity contribution >= 4 is 11.6 Å². The van der Waals surface area contributed by atoms with Crippen LogP contribution in [0.5, 0.6) is 5.75 Å². The Balaban J connectivity index is 3.05. The molecule has 0 aliphatic rings. The van der Waals surface area contributed by atoms with Gasteiger partial charge in [0.25, 0.3) is 0 Å². The molecule has 84 valence electrons. The Labute approximate surface area is 95.8 Å². The standard InChI is InChI=1S/C12H17ClO2/c1-3-9-7-11(13)8-10(5-4-6-14)12(9)15-2/h7-8,14H,3-6H2,1-2H3. The van der Waals surface area contributed by atoms with Crippen molar-refractivity contribution < 1.29 is 9.84 Å². The second kappa shape index (κ2) is 5.99. The van der Waals surface area contributed by atoms with Gasteiger partial charge in [0.05, 0.1) is 7.11 Å². The van der Waals surface area contributed by atoms with Crippen molar-refractivity contribution in [2.24, 2.45) is 0 Å². The molecular weight excluding hydrogens is 212 g/mol. The van der Waals surface area contributed by atoms with E-state index in [1.54, 1.807) is 7.11 Å². The molecule has 0 aromatic heterocycles. The average Bonchev–Trinajstić information content (AvgIpc) is 2.25. The second-order valence-electron chi connectivity index (χ2n) is 3.44. The van der Waals surface area contributed by atoms with Crippen molar-refractivity contribution in [3.05, 3.63) is 28.3 Å². The lowest BCUT2D eigenvalue weighted by atomic mass is 10.0. The molecular formula is C12H17ClO2. The van der Waals surface area contributed by atoms with Gasteiger partial charge in [-0.25, -0.2) is 0 Å². The van der Waals surface area contributed by atoms with E-state index in [4.69, 9.17) is 21.4 Å². The number of hydrogen-bond donors (Lipinski definition) is 1. The minimum absolute atomic E-state index is 0.192. The Kier molecular flexibility index (Phi) is 4.92. The number of aliphatic hydroxyl groups is 1. The summed E-state index contributed by atoms with van der Waals surface area (Å²) in [6.45, 7) is 2.27. The lowest BCUT2D eigenvalue weighted by molar-refractivity contribution is 0.287. The zero-order valence-corrected chi connectivity index (χ0v) is 9.97. The Morgan fingerprint density at radius 1 is 1.33 bits per heavy atom. The topological polar surface area (TPSA) is 29.5 Å². The summed E-state index contributed by atoms with van der Waals surface area (Å²) in [5, 5.41) is 9.55. The smallest absolute Gasteiger partial charge is 0.125 e. The maximum absolute atomic E-state index is 8.81. The summed E-state index contributed by atoms with van der Waals surface area (Å²) in [6, 6.07) is 3.85. The number of halogens is 1. The normalized spacial score (nSPS) is 10.4. The van der Waals surface area contributed by atoms with Crippen LogP contribution in [0.3, 0.4) is 0 Å². The zero-order chi connectivity index (χ0) is 11.3. The van der Waals surface area contributed by atoms with Gasteiger partial charge in [0.2, 0.25) is 0 Å². The molecule has 0 fully saturated rings. The van der Waals surface area contributed by atoms with E-state index in [-0.39, 0.29) is 6.61 Å². The van der Waals surface area contributed by atoms with Crippen molar-refractivity contribution in [3.8, 4) is 5.75 Å². The van der Waals surface area contributed by atoms with Crippen molar-refractivity contribution in [1.29, 1.82) is 0 Å². The molecule has 0 aliphatic carbocycles. The van der Waals surface area contributed by atoms with Crippen LogP contribution in [0, 0.1) is 0 Å². The van der Waals surface area contributed by atoms with Crippen LogP contribution in [0.15, 0.2) is 12.1 Å². The molecule has 0 aliphatic heterocycles. The third-order valence-electron chi connectivity index (χ3n) is 2.40. The molecule has 1 aromatic carbocycles. The van der Waals surface area contributed by atoms with Gasteiger partial charge >= 0.3 is 0 Å². The van der Waals surface area contributed by atoms with E-state index in [0.29, 0.717) is 0 Å². The third-order valence-corrected chi connectivity index (χ3v) is 2.62. The molecule has 0 radical (unpaired) electrons. The van der Waals surface area contributed by atoms with Crippen LogP contribution in [0.4, 0.5) is 0 Å². The number of ether oxygens (including phenoxy) is 1. The number of rotatable bonds is 5. The van der Waals surface area contributed by atoms with Gasteiger partial charge < -0.3 is 9.84 Å². The highest BCUT2D eigenvalue weighted by Crippen LogP contribution is 2.29. The molecule has 1 N–H and O–H groups in total. The van der Waals surface area contributed by atoms with E-state index < -0.39 is 0 Å². The van der Waals surface area contributed by atoms with E-state index in [9.17, 15) is 0 Å². The van der Waals surface area contributed by atoms with Gasteiger partial charge in [0, 0.05) is 11.6 Å². The maximum atomic E-state index is 8.81. The van der Waals surface area contributed by atoms with Gasteiger partial charge in [0.1, 0.15) is 5.75 Å². The molecule has 1 aromatic rings. The molecule has 0 bridgehead atoms. The highest BCUT2D eigenvalue weighted by molar-refractivity contribution is 6.30. The minimum Gasteiger partial charge on any atom is -0.496 e. The maximum Gasteiger partial charge on any atom is 0.125 e. The van der Waals surface area contributed by atoms with Gasteiger partial charge in [0.15, 0.2) is 0 Å². The zero-order valence-electron chi connectivity index (χ0n) is 9.22. The predicted octanol–water partition coefficient (Wildman–Crippen LogP) is 2.84. The van der Waals surface area contributed by atoms with Crippen LogP contribution in [0.1, 0.15) is 24.5 Å². The van der Waals surface area contributed by atoms with Crippen LogP contribution in [-0.2, 0) is 12.8 Å². The van der Waals surface area contributed by atoms with Crippen molar-refractivity contribution in [2.45, 2.75) is 26.2 Å². The van der Waals surface area contributed by atoms with Crippen molar-refractivity contribution in [3.63, 3.8) is 0 Å². The van der Waals surface area contributed by atoms with Crippen molar-refractivity contribution in [1.82, 2.24) is 0 Å². The van der Waals surface area contributed by atoms with Crippen LogP contribution in [0.25, 0.3) is 0 Å². The summed E-state index contributed by atoms with van der Waals surface area (Å²) in [4.78, 5) is 0. The van der Waals surface area contributed by atoms with E-state index in [0.717, 1.165) is 41.2 Å². The number of hydrogen-bond acceptors (Lipinski definition) is 2. The number of aryl methyl sites for hydroxylation is 2. The molecule has 0 heterocycles. The molecule has 0 unspecified atom stereocenters. The Bertz CT molecular complexity index is 324. The van der Waals surface area contributed by atoms with E-state index >= 15 is 0 Å². The average molecular weight is 229 g/mol. The highest BCUT2D eigenvalue weighted by Gasteiger charge is 2.09. The molecule has 15 heavy (non-hydrogen) atoms. The highest BCUT2D eigenvalue weighted by atomic mass is 35.5. The second-order valence-corrected chi connectivity index (χ2v) is 3.87. The Hall–Kier alpha value is -0.730. The van der Waals surface area contributed by atoms with Gasteiger partial charge in [-0.15, -0.1) is 0 Å². The van der Waals surface area contributed by atoms with E-state index in [1.807, 2.05) is 12.1 Å². The predicted molar refractivity (Wildman–Crippen MR) is 62.8 cm³/mol. The van der Waals surface area contributed by atoms with E-state index in [2.05, 4.69) is 6.92 Å². The molecule has 3 heteroatoms. The van der Waals surface area contributed by atoms with Gasteiger partial charge in [-0.05, 0) is 42.5 Å². The molecule has 0 saturated heterocycles. The molecule has 0 saturated carbocycles. The quantitative estimate of drug-likeness (QED) is 0.840. The number of benzene rings is 1. The molecule has 0 spiro atoms. The SMILES string of the molecule is CCc1cc(Cl)cc(CCCO)c1OC. The monoisotopic (exact) mass is 228 g/mol. The lowest BCUT2D eigenvalue weighted by Gasteiger charge is -2.13. The Morgan fingerprint density at radius 3 is 2.53 bits per heavy atom. The number of aliphatic hydroxyl groups excluding tert-OH is 1. The first-order valence-electron chi connectivity index (χ1n) is 5.19. The fourth-order valence-corrected chi connectivity index (χ4v) is 1.96. The molecule has 0 amide bonds. The first kappa shape index (κ1) is 12.3. The fraction of sp³-hybridized carbons (Fsp3) is 0.500. The Morgan fingerprint density at radius 2 is 2.00 bits per heavy atom. The van der Waals surface area contributed by atoms with Crippen LogP contribution >= 0.6 is 11.6 Å². The van der Waals surface area contributed by atoms with Gasteiger partial charge in [-0.3, -0.25) is 0 Å². The van der Waals surface area contributed by atoms with Gasteiger partial charge in [-0.1, -0.05) is 18.5 Å². The fourth-order valence-electron chi connectivity index (χ4n) is 1.69. The van der Waals surface area contributed by atoms with E-state index in [1.165, 1.54) is 0 Å². The largest absolute Gasteiger partial charge is 0.496 e. The first-order chi connectivity index (χ1) is 7.22. The lowest BCUT2D eigenvalue weighted by Crippen LogP contribution is -1.98. The minimum atomic E-state index is 0.192. The number of methoxy groups -OCH3 is 1. The summed E-state index contributed by atoms with van der Waals surface area (Å²) in [5.41, 5.74) is 2.20. The molecule has 1 rings (SSSR count). The first-order valence-corrected chi connectivity index (χ1v) is 5.56. The third kappa shape index (κ3) is 3.11. The summed E-state index contributed by atoms with van der Waals surface area (Å²) in [5.74, 6) is 0.912. The summed E-state index contributed by atoms with van der Waals surface area (Å²) in [6.07, 6.45) is 2.43. The summed E-state index contributed by atoms with van der Waals surface area (Å²) in [7, 11) is 1.67. The molecule has 2 nitrogen and oxygen atoms in total. The summed E-state index contributed by atoms with van der Waals surface area (Å²) >= 11 is 6.02. The van der Waals surface area contributed by atoms with Crippen LogP contribution in [-0.4, -0.2) is 18.8 Å². The van der Waals surface area contributed by atoms with Gasteiger partial charge in [-0.2, -0.15) is 0 Å². The van der Waals surface area contributed by atoms with Crippen LogP contribution < -0.4 is 4.74 Å². The van der Waals surface area contributed by atoms with Crippen molar-refractivity contribution in [2.75, 3.05) is 13.7 Å². The summed E-state index contributed by atoms with van der Waals surface area (Å²) < 4.78 is 5.38.